The largest absolute Gasteiger partial charge is 0.370 e. The minimum Gasteiger partial charge on any atom is -0.370 e. The van der Waals surface area contributed by atoms with E-state index in [-0.39, 0.29) is 5.82 Å². The van der Waals surface area contributed by atoms with E-state index in [1.54, 1.807) is 18.3 Å². The Morgan fingerprint density at radius 2 is 2.19 bits per heavy atom. The third-order valence-electron chi connectivity index (χ3n) is 2.16. The first-order valence-corrected chi connectivity index (χ1v) is 5.12. The Bertz CT molecular complexity index is 485. The van der Waals surface area contributed by atoms with E-state index in [1.165, 1.54) is 6.20 Å². The van der Waals surface area contributed by atoms with Crippen molar-refractivity contribution < 1.29 is 4.39 Å². The molecule has 4 heteroatoms. The van der Waals surface area contributed by atoms with E-state index >= 15 is 0 Å². The summed E-state index contributed by atoms with van der Waals surface area (Å²) in [4.78, 5) is 8.03. The van der Waals surface area contributed by atoms with Crippen LogP contribution in [0, 0.1) is 5.82 Å². The average molecular weight is 217 g/mol. The molecule has 0 spiro atoms. The van der Waals surface area contributed by atoms with Gasteiger partial charge >= 0.3 is 0 Å². The maximum absolute atomic E-state index is 13.5. The molecule has 0 aliphatic rings. The van der Waals surface area contributed by atoms with Crippen LogP contribution in [0.1, 0.15) is 6.92 Å². The van der Waals surface area contributed by atoms with Crippen LogP contribution in [0.25, 0.3) is 11.3 Å². The van der Waals surface area contributed by atoms with E-state index < -0.39 is 0 Å². The molecule has 2 rings (SSSR count). The molecule has 2 heterocycles. The third-order valence-corrected chi connectivity index (χ3v) is 2.16. The number of anilines is 1. The fourth-order valence-corrected chi connectivity index (χ4v) is 1.45. The molecule has 2 aromatic rings. The van der Waals surface area contributed by atoms with Gasteiger partial charge in [-0.25, -0.2) is 9.37 Å². The number of hydrogen-bond donors (Lipinski definition) is 1. The predicted octanol–water partition coefficient (Wildman–Crippen LogP) is 2.71. The normalized spacial score (nSPS) is 10.1. The van der Waals surface area contributed by atoms with Gasteiger partial charge < -0.3 is 5.32 Å². The molecular formula is C12H12FN3. The first-order valence-electron chi connectivity index (χ1n) is 5.12. The lowest BCUT2D eigenvalue weighted by molar-refractivity contribution is 0.624. The molecule has 16 heavy (non-hydrogen) atoms. The van der Waals surface area contributed by atoms with Crippen molar-refractivity contribution in [1.82, 2.24) is 9.97 Å². The molecule has 0 radical (unpaired) electrons. The van der Waals surface area contributed by atoms with Gasteiger partial charge in [-0.1, -0.05) is 6.07 Å². The number of aromatic nitrogens is 2. The summed E-state index contributed by atoms with van der Waals surface area (Å²) >= 11 is 0. The van der Waals surface area contributed by atoms with Crippen molar-refractivity contribution in [2.75, 3.05) is 11.9 Å². The van der Waals surface area contributed by atoms with Crippen LogP contribution in [0.2, 0.25) is 0 Å². The summed E-state index contributed by atoms with van der Waals surface area (Å²) in [5, 5.41) is 3.09. The topological polar surface area (TPSA) is 37.8 Å². The third kappa shape index (κ3) is 2.16. The summed E-state index contributed by atoms with van der Waals surface area (Å²) in [6.07, 6.45) is 2.75. The van der Waals surface area contributed by atoms with E-state index in [0.717, 1.165) is 12.4 Å². The molecule has 0 aliphatic heterocycles. The second-order valence-electron chi connectivity index (χ2n) is 3.29. The monoisotopic (exact) mass is 217 g/mol. The van der Waals surface area contributed by atoms with Gasteiger partial charge in [0.15, 0.2) is 5.82 Å². The van der Waals surface area contributed by atoms with Crippen molar-refractivity contribution >= 4 is 5.82 Å². The van der Waals surface area contributed by atoms with Crippen LogP contribution in [0.5, 0.6) is 0 Å². The fourth-order valence-electron chi connectivity index (χ4n) is 1.45. The number of hydrogen-bond acceptors (Lipinski definition) is 3. The molecule has 0 amide bonds. The SMILES string of the molecule is CCNc1cccc(-c2ccncc2F)n1. The highest BCUT2D eigenvalue weighted by Crippen LogP contribution is 2.20. The molecule has 0 aliphatic carbocycles. The van der Waals surface area contributed by atoms with Gasteiger partial charge in [-0.05, 0) is 25.1 Å². The number of halogens is 1. The second-order valence-corrected chi connectivity index (χ2v) is 3.29. The van der Waals surface area contributed by atoms with Crippen molar-refractivity contribution in [3.8, 4) is 11.3 Å². The van der Waals surface area contributed by atoms with E-state index in [0.29, 0.717) is 11.3 Å². The van der Waals surface area contributed by atoms with Crippen LogP contribution >= 0.6 is 0 Å². The molecular weight excluding hydrogens is 205 g/mol. The van der Waals surface area contributed by atoms with Gasteiger partial charge in [0.1, 0.15) is 5.82 Å². The maximum Gasteiger partial charge on any atom is 0.150 e. The highest BCUT2D eigenvalue weighted by Gasteiger charge is 2.05. The lowest BCUT2D eigenvalue weighted by atomic mass is 10.1. The molecule has 2 aromatic heterocycles. The predicted molar refractivity (Wildman–Crippen MR) is 61.6 cm³/mol. The van der Waals surface area contributed by atoms with Gasteiger partial charge in [0.05, 0.1) is 11.9 Å². The van der Waals surface area contributed by atoms with Crippen LogP contribution in [0.4, 0.5) is 10.2 Å². The average Bonchev–Trinajstić information content (AvgIpc) is 2.30. The summed E-state index contributed by atoms with van der Waals surface area (Å²) in [6, 6.07) is 7.10. The van der Waals surface area contributed by atoms with Crippen molar-refractivity contribution in [3.63, 3.8) is 0 Å². The van der Waals surface area contributed by atoms with Gasteiger partial charge in [0.2, 0.25) is 0 Å². The lowest BCUT2D eigenvalue weighted by Gasteiger charge is -2.05. The molecule has 0 saturated carbocycles. The number of nitrogens with one attached hydrogen (secondary N) is 1. The molecule has 0 unspecified atom stereocenters. The van der Waals surface area contributed by atoms with Crippen molar-refractivity contribution in [2.45, 2.75) is 6.92 Å². The zero-order valence-corrected chi connectivity index (χ0v) is 8.94. The highest BCUT2D eigenvalue weighted by atomic mass is 19.1. The first kappa shape index (κ1) is 10.5. The number of nitrogens with zero attached hydrogens (tertiary/aromatic N) is 2. The van der Waals surface area contributed by atoms with Crippen LogP contribution in [-0.4, -0.2) is 16.5 Å². The van der Waals surface area contributed by atoms with Crippen LogP contribution in [0.15, 0.2) is 36.7 Å². The maximum atomic E-state index is 13.5. The van der Waals surface area contributed by atoms with Gasteiger partial charge in [0, 0.05) is 18.3 Å². The lowest BCUT2D eigenvalue weighted by Crippen LogP contribution is -1.99. The molecule has 0 saturated heterocycles. The van der Waals surface area contributed by atoms with Gasteiger partial charge in [-0.15, -0.1) is 0 Å². The number of pyridine rings is 2. The van der Waals surface area contributed by atoms with E-state index in [4.69, 9.17) is 0 Å². The fraction of sp³-hybridized carbons (Fsp3) is 0.167. The molecule has 0 aromatic carbocycles. The molecule has 1 N–H and O–H groups in total. The highest BCUT2D eigenvalue weighted by molar-refractivity contribution is 5.61. The minimum absolute atomic E-state index is 0.358. The summed E-state index contributed by atoms with van der Waals surface area (Å²) in [5.41, 5.74) is 1.08. The Labute approximate surface area is 93.4 Å². The molecule has 0 bridgehead atoms. The van der Waals surface area contributed by atoms with Gasteiger partial charge in [-0.3, -0.25) is 4.98 Å². The van der Waals surface area contributed by atoms with E-state index in [1.807, 2.05) is 19.1 Å². The zero-order chi connectivity index (χ0) is 11.4. The summed E-state index contributed by atoms with van der Waals surface area (Å²) in [7, 11) is 0. The van der Waals surface area contributed by atoms with Gasteiger partial charge in [-0.2, -0.15) is 0 Å². The molecule has 82 valence electrons. The van der Waals surface area contributed by atoms with Crippen LogP contribution in [0.3, 0.4) is 0 Å². The smallest absolute Gasteiger partial charge is 0.150 e. The standard InChI is InChI=1S/C12H12FN3/c1-2-15-12-5-3-4-11(16-12)9-6-7-14-8-10(9)13/h3-8H,2H2,1H3,(H,15,16). The Balaban J connectivity index is 2.40. The first-order chi connectivity index (χ1) is 7.81. The van der Waals surface area contributed by atoms with Crippen LogP contribution < -0.4 is 5.32 Å². The van der Waals surface area contributed by atoms with Gasteiger partial charge in [0.25, 0.3) is 0 Å². The number of rotatable bonds is 3. The summed E-state index contributed by atoms with van der Waals surface area (Å²) in [6.45, 7) is 2.77. The Morgan fingerprint density at radius 3 is 2.94 bits per heavy atom. The van der Waals surface area contributed by atoms with Crippen LogP contribution in [-0.2, 0) is 0 Å². The summed E-state index contributed by atoms with van der Waals surface area (Å²) in [5.74, 6) is 0.389. The Hall–Kier alpha value is -1.97. The van der Waals surface area contributed by atoms with Crippen molar-refractivity contribution in [2.24, 2.45) is 0 Å². The second kappa shape index (κ2) is 4.70. The Kier molecular flexibility index (Phi) is 3.10. The van der Waals surface area contributed by atoms with Crippen molar-refractivity contribution in [1.29, 1.82) is 0 Å². The molecule has 0 atom stereocenters. The van der Waals surface area contributed by atoms with E-state index in [2.05, 4.69) is 15.3 Å². The Morgan fingerprint density at radius 1 is 1.31 bits per heavy atom. The van der Waals surface area contributed by atoms with Crippen molar-refractivity contribution in [3.05, 3.63) is 42.5 Å². The van der Waals surface area contributed by atoms with E-state index in [9.17, 15) is 4.39 Å². The quantitative estimate of drug-likeness (QED) is 0.859. The zero-order valence-electron chi connectivity index (χ0n) is 8.94. The summed E-state index contributed by atoms with van der Waals surface area (Å²) < 4.78 is 13.5. The molecule has 3 nitrogen and oxygen atoms in total. The minimum atomic E-state index is -0.358. The molecule has 0 fully saturated rings.